The first-order chi connectivity index (χ1) is 24.9. The molecule has 1 aliphatic heterocycles. The van der Waals surface area contributed by atoms with Crippen molar-refractivity contribution in [3.8, 4) is 11.1 Å². The molecule has 0 fully saturated rings. The summed E-state index contributed by atoms with van der Waals surface area (Å²) in [7, 11) is 0. The van der Waals surface area contributed by atoms with Crippen LogP contribution in [0.1, 0.15) is 65.6 Å². The van der Waals surface area contributed by atoms with E-state index in [1.165, 1.54) is 65.8 Å². The summed E-state index contributed by atoms with van der Waals surface area (Å²) in [6.07, 6.45) is 1.22. The van der Waals surface area contributed by atoms with Gasteiger partial charge in [-0.25, -0.2) is 4.39 Å². The van der Waals surface area contributed by atoms with Gasteiger partial charge in [-0.1, -0.05) is 141 Å². The Morgan fingerprint density at radius 1 is 0.490 bits per heavy atom. The molecule has 8 aromatic rings. The predicted molar refractivity (Wildman–Crippen MR) is 209 cm³/mol. The Morgan fingerprint density at radius 2 is 1.08 bits per heavy atom. The quantitative estimate of drug-likeness (QED) is 0.159. The highest BCUT2D eigenvalue weighted by Crippen LogP contribution is 2.70. The maximum atomic E-state index is 17.8. The summed E-state index contributed by atoms with van der Waals surface area (Å²) in [6.45, 7) is 4.73. The van der Waals surface area contributed by atoms with Crippen molar-refractivity contribution >= 4 is 49.4 Å². The number of fused-ring (bicyclic) bond motifs is 12. The minimum absolute atomic E-state index is 0.157. The molecule has 8 aromatic carbocycles. The van der Waals surface area contributed by atoms with Crippen molar-refractivity contribution in [1.29, 1.82) is 0 Å². The lowest BCUT2D eigenvalue weighted by molar-refractivity contribution is 0.150. The van der Waals surface area contributed by atoms with Crippen molar-refractivity contribution in [2.75, 3.05) is 4.90 Å². The maximum absolute atomic E-state index is 17.8. The van der Waals surface area contributed by atoms with E-state index in [0.29, 0.717) is 6.42 Å². The Balaban J connectivity index is 1.26. The Morgan fingerprint density at radius 3 is 1.82 bits per heavy atom. The van der Waals surface area contributed by atoms with Gasteiger partial charge in [0.05, 0.1) is 16.8 Å². The maximum Gasteiger partial charge on any atom is 0.161 e. The van der Waals surface area contributed by atoms with E-state index in [0.717, 1.165) is 40.0 Å². The number of rotatable bonds is 1. The van der Waals surface area contributed by atoms with Gasteiger partial charge in [-0.05, 0) is 102 Å². The van der Waals surface area contributed by atoms with Crippen molar-refractivity contribution in [3.05, 3.63) is 185 Å². The molecule has 0 amide bonds. The van der Waals surface area contributed by atoms with Crippen LogP contribution in [0.5, 0.6) is 0 Å². The number of hydrogen-bond donors (Lipinski definition) is 0. The van der Waals surface area contributed by atoms with E-state index in [4.69, 9.17) is 0 Å². The molecule has 13 rings (SSSR count). The number of anilines is 3. The van der Waals surface area contributed by atoms with Gasteiger partial charge in [0.2, 0.25) is 0 Å². The van der Waals surface area contributed by atoms with Gasteiger partial charge < -0.3 is 4.90 Å². The fourth-order valence-electron chi connectivity index (χ4n) is 11.1. The average molecular weight is 656 g/mol. The molecule has 2 heteroatoms. The molecule has 5 aliphatic rings. The largest absolute Gasteiger partial charge is 0.309 e. The van der Waals surface area contributed by atoms with E-state index in [9.17, 15) is 0 Å². The molecule has 0 N–H and O–H groups in total. The number of benzene rings is 8. The monoisotopic (exact) mass is 655 g/mol. The highest BCUT2D eigenvalue weighted by molar-refractivity contribution is 6.26. The molecule has 0 saturated carbocycles. The van der Waals surface area contributed by atoms with Gasteiger partial charge in [0.15, 0.2) is 5.67 Å². The molecule has 2 bridgehead atoms. The lowest BCUT2D eigenvalue weighted by Gasteiger charge is -2.57. The fourth-order valence-corrected chi connectivity index (χ4v) is 11.1. The molecule has 0 saturated heterocycles. The highest BCUT2D eigenvalue weighted by atomic mass is 19.1. The molecule has 2 unspecified atom stereocenters. The average Bonchev–Trinajstić information content (AvgIpc) is 3.42. The standard InChI is InChI=1S/C49H34FN/c1-47(2)37-17-8-7-16-35(37)44-40(47)24-25-42-46(44)51(29-22-23-34-32-14-4-3-12-30(32)31-13-5-6-15-33(31)36(34)28-29)43-21-11-20-41-45(43)48(42)26-27-49(41,50)39-19-10-9-18-38(39)48/h3-25,28H,26-27H2,1-2H3. The lowest BCUT2D eigenvalue weighted by Crippen LogP contribution is -2.50. The van der Waals surface area contributed by atoms with Crippen molar-refractivity contribution in [2.24, 2.45) is 0 Å². The van der Waals surface area contributed by atoms with Gasteiger partial charge in [0, 0.05) is 22.2 Å². The summed E-state index contributed by atoms with van der Waals surface area (Å²) in [4.78, 5) is 2.51. The third-order valence-corrected chi connectivity index (χ3v) is 13.2. The summed E-state index contributed by atoms with van der Waals surface area (Å²) < 4.78 is 17.8. The van der Waals surface area contributed by atoms with Crippen LogP contribution < -0.4 is 4.90 Å². The Kier molecular flexibility index (Phi) is 5.02. The summed E-state index contributed by atoms with van der Waals surface area (Å²) in [5.74, 6) is 0. The molecule has 51 heavy (non-hydrogen) atoms. The summed E-state index contributed by atoms with van der Waals surface area (Å²) >= 11 is 0. The van der Waals surface area contributed by atoms with Crippen LogP contribution in [0.4, 0.5) is 21.5 Å². The summed E-state index contributed by atoms with van der Waals surface area (Å²) in [5, 5.41) is 7.52. The van der Waals surface area contributed by atoms with Gasteiger partial charge in [-0.3, -0.25) is 0 Å². The summed E-state index contributed by atoms with van der Waals surface area (Å²) in [5.41, 5.74) is 11.8. The third kappa shape index (κ3) is 3.12. The van der Waals surface area contributed by atoms with Crippen molar-refractivity contribution in [1.82, 2.24) is 0 Å². The van der Waals surface area contributed by atoms with E-state index in [2.05, 4.69) is 152 Å². The Hall–Kier alpha value is -5.73. The smallest absolute Gasteiger partial charge is 0.161 e. The lowest BCUT2D eigenvalue weighted by atomic mass is 9.50. The first-order valence-electron chi connectivity index (χ1n) is 18.3. The van der Waals surface area contributed by atoms with Gasteiger partial charge in [-0.2, -0.15) is 0 Å². The highest BCUT2D eigenvalue weighted by Gasteiger charge is 2.61. The number of nitrogens with zero attached hydrogens (tertiary/aromatic N) is 1. The Labute approximate surface area is 296 Å². The van der Waals surface area contributed by atoms with Gasteiger partial charge in [-0.15, -0.1) is 0 Å². The molecule has 1 spiro atoms. The molecule has 242 valence electrons. The van der Waals surface area contributed by atoms with E-state index in [1.54, 1.807) is 0 Å². The summed E-state index contributed by atoms with van der Waals surface area (Å²) in [6, 6.07) is 53.2. The van der Waals surface area contributed by atoms with E-state index in [1.807, 2.05) is 12.1 Å². The zero-order valence-electron chi connectivity index (χ0n) is 28.6. The van der Waals surface area contributed by atoms with Gasteiger partial charge >= 0.3 is 0 Å². The zero-order chi connectivity index (χ0) is 33.9. The number of alkyl halides is 1. The normalized spacial score (nSPS) is 21.4. The molecule has 1 nitrogen and oxygen atoms in total. The van der Waals surface area contributed by atoms with Crippen molar-refractivity contribution < 1.29 is 4.39 Å². The van der Waals surface area contributed by atoms with E-state index >= 15 is 4.39 Å². The first kappa shape index (κ1) is 28.0. The fraction of sp³-hybridized carbons (Fsp3) is 0.143. The van der Waals surface area contributed by atoms with Crippen LogP contribution in [0.3, 0.4) is 0 Å². The Bertz CT molecular complexity index is 2850. The molecule has 2 atom stereocenters. The van der Waals surface area contributed by atoms with Crippen molar-refractivity contribution in [2.45, 2.75) is 43.2 Å². The molecular weight excluding hydrogens is 622 g/mol. The third-order valence-electron chi connectivity index (χ3n) is 13.2. The van der Waals surface area contributed by atoms with Gasteiger partial charge in [0.1, 0.15) is 0 Å². The van der Waals surface area contributed by atoms with Gasteiger partial charge in [0.25, 0.3) is 0 Å². The van der Waals surface area contributed by atoms with Crippen LogP contribution in [0, 0.1) is 0 Å². The second-order valence-corrected chi connectivity index (χ2v) is 15.7. The molecule has 0 radical (unpaired) electrons. The van der Waals surface area contributed by atoms with E-state index in [-0.39, 0.29) is 5.41 Å². The van der Waals surface area contributed by atoms with Crippen LogP contribution in [-0.4, -0.2) is 0 Å². The molecule has 0 aromatic heterocycles. The van der Waals surface area contributed by atoms with Crippen LogP contribution in [0.15, 0.2) is 146 Å². The number of halogens is 1. The molecule has 1 heterocycles. The predicted octanol–water partition coefficient (Wildman–Crippen LogP) is 12.9. The van der Waals surface area contributed by atoms with Crippen LogP contribution in [0.2, 0.25) is 0 Å². The van der Waals surface area contributed by atoms with Crippen LogP contribution in [-0.2, 0) is 16.5 Å². The topological polar surface area (TPSA) is 3.24 Å². The van der Waals surface area contributed by atoms with Crippen LogP contribution in [0.25, 0.3) is 43.4 Å². The number of hydrogen-bond acceptors (Lipinski definition) is 1. The second-order valence-electron chi connectivity index (χ2n) is 15.7. The second kappa shape index (κ2) is 9.13. The zero-order valence-corrected chi connectivity index (χ0v) is 28.6. The first-order valence-corrected chi connectivity index (χ1v) is 18.3. The SMILES string of the molecule is CC1(C)c2ccccc2-c2c1ccc1c2N(c2ccc3c4ccccc4c4ccccc4c3c2)c2cccc3c2C12CCC3(F)c1ccccc12. The minimum Gasteiger partial charge on any atom is -0.309 e. The molecular formula is C49H34FN. The minimum atomic E-state index is -1.52. The molecule has 4 aliphatic carbocycles. The van der Waals surface area contributed by atoms with E-state index < -0.39 is 11.1 Å². The van der Waals surface area contributed by atoms with Crippen LogP contribution >= 0.6 is 0 Å². The van der Waals surface area contributed by atoms with Crippen molar-refractivity contribution in [3.63, 3.8) is 0 Å².